The number of sulfonamides is 1. The molecule has 0 heterocycles. The van der Waals surface area contributed by atoms with Crippen molar-refractivity contribution in [3.63, 3.8) is 0 Å². The first-order valence-electron chi connectivity index (χ1n) is 9.96. The third-order valence-electron chi connectivity index (χ3n) is 4.52. The molecule has 0 fully saturated rings. The summed E-state index contributed by atoms with van der Waals surface area (Å²) in [4.78, 5) is 35.9. The van der Waals surface area contributed by atoms with Crippen molar-refractivity contribution in [3.8, 4) is 0 Å². The van der Waals surface area contributed by atoms with E-state index >= 15 is 0 Å². The molecule has 0 aliphatic heterocycles. The Morgan fingerprint density at radius 3 is 2.09 bits per heavy atom. The normalized spacial score (nSPS) is 10.8. The number of hydrogen-bond acceptors (Lipinski definition) is 6. The van der Waals surface area contributed by atoms with E-state index in [2.05, 4.69) is 10.0 Å². The summed E-state index contributed by atoms with van der Waals surface area (Å²) in [5, 5.41) is 2.15. The summed E-state index contributed by atoms with van der Waals surface area (Å²) < 4.78 is 32.4. The Morgan fingerprint density at radius 2 is 1.45 bits per heavy atom. The van der Waals surface area contributed by atoms with Gasteiger partial charge in [0.2, 0.25) is 5.91 Å². The fourth-order valence-corrected chi connectivity index (χ4v) is 3.90. The van der Waals surface area contributed by atoms with Crippen molar-refractivity contribution in [2.75, 3.05) is 11.3 Å². The minimum atomic E-state index is -3.84. The molecule has 8 nitrogen and oxygen atoms in total. The van der Waals surface area contributed by atoms with E-state index < -0.39 is 34.4 Å². The molecule has 170 valence electrons. The molecule has 0 saturated carbocycles. The summed E-state index contributed by atoms with van der Waals surface area (Å²) in [5.41, 5.74) is 2.21. The van der Waals surface area contributed by atoms with Crippen molar-refractivity contribution in [1.82, 2.24) is 5.32 Å². The Kier molecular flexibility index (Phi) is 7.57. The molecule has 0 radical (unpaired) electrons. The summed E-state index contributed by atoms with van der Waals surface area (Å²) in [6, 6.07) is 20.8. The monoisotopic (exact) mass is 466 g/mol. The zero-order valence-electron chi connectivity index (χ0n) is 17.8. The highest BCUT2D eigenvalue weighted by molar-refractivity contribution is 7.92. The van der Waals surface area contributed by atoms with Crippen molar-refractivity contribution in [1.29, 1.82) is 0 Å². The number of carbonyl (C=O) groups excluding carboxylic acids is 3. The van der Waals surface area contributed by atoms with Crippen LogP contribution in [0, 0.1) is 6.92 Å². The predicted molar refractivity (Wildman–Crippen MR) is 122 cm³/mol. The van der Waals surface area contributed by atoms with Crippen LogP contribution in [-0.2, 0) is 30.8 Å². The molecule has 0 atom stereocenters. The average Bonchev–Trinajstić information content (AvgIpc) is 2.79. The van der Waals surface area contributed by atoms with Crippen molar-refractivity contribution < 1.29 is 27.5 Å². The van der Waals surface area contributed by atoms with E-state index in [4.69, 9.17) is 4.74 Å². The zero-order chi connectivity index (χ0) is 23.8. The first-order chi connectivity index (χ1) is 15.7. The Balaban J connectivity index is 1.51. The highest BCUT2D eigenvalue weighted by Crippen LogP contribution is 2.17. The second-order valence-electron chi connectivity index (χ2n) is 7.21. The number of rotatable bonds is 8. The van der Waals surface area contributed by atoms with Crippen molar-refractivity contribution in [2.45, 2.75) is 18.2 Å². The summed E-state index contributed by atoms with van der Waals surface area (Å²) in [6.07, 6.45) is 0.0209. The van der Waals surface area contributed by atoms with Gasteiger partial charge in [-0.25, -0.2) is 13.2 Å². The molecule has 0 saturated heterocycles. The number of imide groups is 1. The molecule has 0 aliphatic rings. The zero-order valence-corrected chi connectivity index (χ0v) is 18.6. The van der Waals surface area contributed by atoms with Gasteiger partial charge in [-0.2, -0.15) is 0 Å². The van der Waals surface area contributed by atoms with Crippen molar-refractivity contribution >= 4 is 33.5 Å². The van der Waals surface area contributed by atoms with Crippen LogP contribution in [0.4, 0.5) is 5.69 Å². The van der Waals surface area contributed by atoms with Gasteiger partial charge < -0.3 is 4.74 Å². The highest BCUT2D eigenvalue weighted by Gasteiger charge is 2.17. The number of ether oxygens (including phenoxy) is 1. The quantitative estimate of drug-likeness (QED) is 0.493. The number of aryl methyl sites for hydroxylation is 1. The van der Waals surface area contributed by atoms with Crippen LogP contribution in [0.3, 0.4) is 0 Å². The number of benzene rings is 3. The number of esters is 1. The molecule has 9 heteroatoms. The molecular formula is C24H22N2O6S. The van der Waals surface area contributed by atoms with Crippen LogP contribution < -0.4 is 10.0 Å². The summed E-state index contributed by atoms with van der Waals surface area (Å²) in [6.45, 7) is 1.25. The molecule has 33 heavy (non-hydrogen) atoms. The average molecular weight is 467 g/mol. The first kappa shape index (κ1) is 23.7. The number of carbonyl (C=O) groups is 3. The van der Waals surface area contributed by atoms with E-state index in [-0.39, 0.29) is 16.9 Å². The summed E-state index contributed by atoms with van der Waals surface area (Å²) in [5.74, 6) is -2.10. The lowest BCUT2D eigenvalue weighted by molar-refractivity contribution is -0.132. The third-order valence-corrected chi connectivity index (χ3v) is 5.92. The third kappa shape index (κ3) is 7.01. The number of hydrogen-bond donors (Lipinski definition) is 2. The lowest BCUT2D eigenvalue weighted by Gasteiger charge is -2.09. The molecule has 0 unspecified atom stereocenters. The smallest absolute Gasteiger partial charge is 0.338 e. The van der Waals surface area contributed by atoms with Crippen LogP contribution in [0.15, 0.2) is 83.8 Å². The Bertz CT molecular complexity index is 1240. The number of amides is 2. The fraction of sp³-hybridized carbons (Fsp3) is 0.125. The Morgan fingerprint density at radius 1 is 0.818 bits per heavy atom. The summed E-state index contributed by atoms with van der Waals surface area (Å²) in [7, 11) is -3.84. The summed E-state index contributed by atoms with van der Waals surface area (Å²) >= 11 is 0. The lowest BCUT2D eigenvalue weighted by Crippen LogP contribution is -2.35. The molecule has 0 aliphatic carbocycles. The van der Waals surface area contributed by atoms with Gasteiger partial charge in [0.15, 0.2) is 6.61 Å². The van der Waals surface area contributed by atoms with Crippen LogP contribution in [0.5, 0.6) is 0 Å². The maximum Gasteiger partial charge on any atom is 0.338 e. The van der Waals surface area contributed by atoms with Gasteiger partial charge in [-0.15, -0.1) is 0 Å². The van der Waals surface area contributed by atoms with Gasteiger partial charge in [0, 0.05) is 5.69 Å². The molecule has 0 bridgehead atoms. The van der Waals surface area contributed by atoms with E-state index in [9.17, 15) is 22.8 Å². The minimum Gasteiger partial charge on any atom is -0.452 e. The standard InChI is InChI=1S/C24H22N2O6S/c1-17-7-11-20(12-8-17)26-33(30,31)21-13-9-19(10-14-21)24(29)32-16-23(28)25-22(27)15-18-5-3-2-4-6-18/h2-14,26H,15-16H2,1H3,(H,25,27,28). The van der Waals surface area contributed by atoms with Crippen molar-refractivity contribution in [3.05, 3.63) is 95.6 Å². The van der Waals surface area contributed by atoms with Gasteiger partial charge in [-0.1, -0.05) is 48.0 Å². The van der Waals surface area contributed by atoms with Gasteiger partial charge >= 0.3 is 5.97 Å². The highest BCUT2D eigenvalue weighted by atomic mass is 32.2. The van der Waals surface area contributed by atoms with Gasteiger partial charge in [-0.05, 0) is 48.9 Å². The topological polar surface area (TPSA) is 119 Å². The molecule has 0 spiro atoms. The molecule has 3 aromatic rings. The lowest BCUT2D eigenvalue weighted by atomic mass is 10.1. The molecule has 2 N–H and O–H groups in total. The van der Waals surface area contributed by atoms with E-state index in [1.807, 2.05) is 13.0 Å². The maximum atomic E-state index is 12.5. The second kappa shape index (κ2) is 10.6. The molecule has 0 aromatic heterocycles. The Labute approximate surface area is 191 Å². The minimum absolute atomic E-state index is 0.0209. The van der Waals surface area contributed by atoms with Gasteiger partial charge in [0.05, 0.1) is 16.9 Å². The van der Waals surface area contributed by atoms with E-state index in [1.165, 1.54) is 24.3 Å². The van der Waals surface area contributed by atoms with Crippen LogP contribution in [0.25, 0.3) is 0 Å². The van der Waals surface area contributed by atoms with Crippen LogP contribution >= 0.6 is 0 Å². The SMILES string of the molecule is Cc1ccc(NS(=O)(=O)c2ccc(C(=O)OCC(=O)NC(=O)Cc3ccccc3)cc2)cc1. The predicted octanol–water partition coefficient (Wildman–Crippen LogP) is 2.84. The molecule has 2 amide bonds. The van der Waals surface area contributed by atoms with Crippen molar-refractivity contribution in [2.24, 2.45) is 0 Å². The van der Waals surface area contributed by atoms with Crippen LogP contribution in [-0.4, -0.2) is 32.8 Å². The van der Waals surface area contributed by atoms with Crippen LogP contribution in [0.1, 0.15) is 21.5 Å². The number of anilines is 1. The number of nitrogens with one attached hydrogen (secondary N) is 2. The second-order valence-corrected chi connectivity index (χ2v) is 8.89. The van der Waals surface area contributed by atoms with E-state index in [1.54, 1.807) is 48.5 Å². The largest absolute Gasteiger partial charge is 0.452 e. The van der Waals surface area contributed by atoms with Gasteiger partial charge in [0.1, 0.15) is 0 Å². The van der Waals surface area contributed by atoms with Gasteiger partial charge in [-0.3, -0.25) is 19.6 Å². The van der Waals surface area contributed by atoms with E-state index in [0.29, 0.717) is 5.69 Å². The molecule has 3 aromatic carbocycles. The molecule has 3 rings (SSSR count). The van der Waals surface area contributed by atoms with E-state index in [0.717, 1.165) is 11.1 Å². The fourth-order valence-electron chi connectivity index (χ4n) is 2.84. The van der Waals surface area contributed by atoms with Gasteiger partial charge in [0.25, 0.3) is 15.9 Å². The first-order valence-corrected chi connectivity index (χ1v) is 11.4. The maximum absolute atomic E-state index is 12.5. The Hall–Kier alpha value is -3.98. The van der Waals surface area contributed by atoms with Crippen LogP contribution in [0.2, 0.25) is 0 Å². The molecular weight excluding hydrogens is 444 g/mol.